The van der Waals surface area contributed by atoms with Crippen LogP contribution in [0.25, 0.3) is 11.3 Å². The van der Waals surface area contributed by atoms with E-state index in [1.165, 1.54) is 11.6 Å². The summed E-state index contributed by atoms with van der Waals surface area (Å²) in [6.07, 6.45) is 5.68. The molecule has 8 heteroatoms. The largest absolute Gasteiger partial charge is 0.377 e. The Morgan fingerprint density at radius 3 is 3.00 bits per heavy atom. The highest BCUT2D eigenvalue weighted by atomic mass is 16.5. The van der Waals surface area contributed by atoms with Crippen LogP contribution in [-0.4, -0.2) is 53.6 Å². The van der Waals surface area contributed by atoms with E-state index >= 15 is 0 Å². The SMILES string of the molecule is C=CC(=O)NC1COCC1Nc1cc2c(cn1)CCc1c-2[nH]c2c1C(=O)NCC2. The number of H-pyrrole nitrogens is 1. The molecule has 1 fully saturated rings. The van der Waals surface area contributed by atoms with Crippen LogP contribution >= 0.6 is 0 Å². The molecule has 2 aromatic rings. The van der Waals surface area contributed by atoms with Crippen molar-refractivity contribution in [1.29, 1.82) is 0 Å². The predicted octanol–water partition coefficient (Wildman–Crippen LogP) is 0.943. The van der Waals surface area contributed by atoms with Gasteiger partial charge in [-0.15, -0.1) is 0 Å². The van der Waals surface area contributed by atoms with Gasteiger partial charge in [-0.25, -0.2) is 4.98 Å². The minimum absolute atomic E-state index is 0.0171. The third-order valence-electron chi connectivity index (χ3n) is 5.90. The number of carbonyl (C=O) groups excluding carboxylic acids is 2. The molecule has 5 rings (SSSR count). The molecule has 0 bridgehead atoms. The van der Waals surface area contributed by atoms with Gasteiger partial charge in [-0.1, -0.05) is 6.58 Å². The molecule has 4 N–H and O–H groups in total. The van der Waals surface area contributed by atoms with Crippen LogP contribution in [0.2, 0.25) is 0 Å². The molecule has 150 valence electrons. The first-order chi connectivity index (χ1) is 14.1. The normalized spacial score (nSPS) is 22.1. The average molecular weight is 393 g/mol. The first-order valence-corrected chi connectivity index (χ1v) is 9.92. The molecule has 4 heterocycles. The van der Waals surface area contributed by atoms with Gasteiger partial charge in [0.05, 0.1) is 36.6 Å². The van der Waals surface area contributed by atoms with E-state index in [0.717, 1.165) is 53.2 Å². The van der Waals surface area contributed by atoms with Crippen molar-refractivity contribution < 1.29 is 14.3 Å². The Bertz CT molecular complexity index is 1010. The number of hydrogen-bond acceptors (Lipinski definition) is 5. The van der Waals surface area contributed by atoms with Gasteiger partial charge < -0.3 is 25.7 Å². The van der Waals surface area contributed by atoms with Crippen LogP contribution in [0, 0.1) is 0 Å². The molecule has 2 aliphatic heterocycles. The summed E-state index contributed by atoms with van der Waals surface area (Å²) in [4.78, 5) is 32.1. The summed E-state index contributed by atoms with van der Waals surface area (Å²) in [6, 6.07) is 1.81. The average Bonchev–Trinajstić information content (AvgIpc) is 3.32. The number of pyridine rings is 1. The van der Waals surface area contributed by atoms with E-state index < -0.39 is 0 Å². The van der Waals surface area contributed by atoms with Crippen LogP contribution in [-0.2, 0) is 28.8 Å². The molecule has 3 aliphatic rings. The van der Waals surface area contributed by atoms with Gasteiger partial charge >= 0.3 is 0 Å². The lowest BCUT2D eigenvalue weighted by atomic mass is 9.88. The predicted molar refractivity (Wildman–Crippen MR) is 108 cm³/mol. The highest BCUT2D eigenvalue weighted by Crippen LogP contribution is 2.38. The maximum atomic E-state index is 12.4. The highest BCUT2D eigenvalue weighted by molar-refractivity contribution is 6.00. The number of nitrogens with one attached hydrogen (secondary N) is 4. The molecule has 0 spiro atoms. The van der Waals surface area contributed by atoms with Crippen molar-refractivity contribution in [3.05, 3.63) is 47.3 Å². The zero-order valence-corrected chi connectivity index (χ0v) is 16.0. The van der Waals surface area contributed by atoms with Crippen molar-refractivity contribution in [3.63, 3.8) is 0 Å². The zero-order valence-electron chi connectivity index (χ0n) is 16.0. The minimum atomic E-state index is -0.217. The van der Waals surface area contributed by atoms with Crippen LogP contribution in [0.3, 0.4) is 0 Å². The van der Waals surface area contributed by atoms with Gasteiger partial charge in [0.15, 0.2) is 0 Å². The molecule has 0 saturated carbocycles. The maximum Gasteiger partial charge on any atom is 0.253 e. The molecule has 29 heavy (non-hydrogen) atoms. The fourth-order valence-electron chi connectivity index (χ4n) is 4.45. The van der Waals surface area contributed by atoms with E-state index in [9.17, 15) is 9.59 Å². The number of hydrogen-bond donors (Lipinski definition) is 4. The third-order valence-corrected chi connectivity index (χ3v) is 5.90. The number of aryl methyl sites for hydroxylation is 1. The van der Waals surface area contributed by atoms with Crippen LogP contribution in [0.1, 0.15) is 27.2 Å². The Labute approximate surface area is 168 Å². The molecular weight excluding hydrogens is 370 g/mol. The number of amides is 2. The Balaban J connectivity index is 1.44. The van der Waals surface area contributed by atoms with E-state index in [1.807, 2.05) is 12.3 Å². The van der Waals surface area contributed by atoms with Gasteiger partial charge in [0, 0.05) is 30.4 Å². The van der Waals surface area contributed by atoms with Gasteiger partial charge in [0.2, 0.25) is 5.91 Å². The number of aromatic nitrogens is 2. The van der Waals surface area contributed by atoms with Gasteiger partial charge in [-0.3, -0.25) is 9.59 Å². The second kappa shape index (κ2) is 7.04. The Hall–Kier alpha value is -3.13. The fourth-order valence-corrected chi connectivity index (χ4v) is 4.45. The summed E-state index contributed by atoms with van der Waals surface area (Å²) < 4.78 is 5.53. The summed E-state index contributed by atoms with van der Waals surface area (Å²) in [6.45, 7) is 5.10. The van der Waals surface area contributed by atoms with Crippen LogP contribution in [0.5, 0.6) is 0 Å². The smallest absolute Gasteiger partial charge is 0.253 e. The van der Waals surface area contributed by atoms with Crippen molar-refractivity contribution in [1.82, 2.24) is 20.6 Å². The standard InChI is InChI=1S/C21H23N5O3/c1-2-18(27)25-16-10-29-9-15(16)24-17-7-13-11(8-23-17)3-4-12-19-14(26-20(12)13)5-6-22-21(19)28/h2,7-8,15-16,26H,1,3-6,9-10H2,(H,22,28)(H,23,24)(H,25,27). The minimum Gasteiger partial charge on any atom is -0.377 e. The Morgan fingerprint density at radius 2 is 2.14 bits per heavy atom. The first-order valence-electron chi connectivity index (χ1n) is 9.92. The molecule has 2 aromatic heterocycles. The lowest BCUT2D eigenvalue weighted by molar-refractivity contribution is -0.117. The highest BCUT2D eigenvalue weighted by Gasteiger charge is 2.31. The quantitative estimate of drug-likeness (QED) is 0.579. The summed E-state index contributed by atoms with van der Waals surface area (Å²) in [7, 11) is 0. The maximum absolute atomic E-state index is 12.4. The fraction of sp³-hybridized carbons (Fsp3) is 0.381. The number of nitrogens with zero attached hydrogens (tertiary/aromatic N) is 1. The van der Waals surface area contributed by atoms with Gasteiger partial charge in [-0.05, 0) is 36.1 Å². The summed E-state index contributed by atoms with van der Waals surface area (Å²) in [5.41, 5.74) is 6.21. The first kappa shape index (κ1) is 17.9. The molecular formula is C21H23N5O3. The summed E-state index contributed by atoms with van der Waals surface area (Å²) in [5.74, 6) is 0.524. The summed E-state index contributed by atoms with van der Waals surface area (Å²) in [5, 5.41) is 9.23. The number of aromatic amines is 1. The number of anilines is 1. The van der Waals surface area contributed by atoms with Crippen molar-refractivity contribution in [2.75, 3.05) is 25.1 Å². The lowest BCUT2D eigenvalue weighted by Crippen LogP contribution is -2.45. The van der Waals surface area contributed by atoms with E-state index in [1.54, 1.807) is 0 Å². The molecule has 8 nitrogen and oxygen atoms in total. The molecule has 0 aromatic carbocycles. The Kier molecular flexibility index (Phi) is 4.35. The van der Waals surface area contributed by atoms with E-state index in [0.29, 0.717) is 19.8 Å². The van der Waals surface area contributed by atoms with Crippen molar-refractivity contribution >= 4 is 17.6 Å². The Morgan fingerprint density at radius 1 is 1.28 bits per heavy atom. The number of carbonyl (C=O) groups is 2. The third kappa shape index (κ3) is 3.09. The van der Waals surface area contributed by atoms with Crippen molar-refractivity contribution in [2.24, 2.45) is 0 Å². The van der Waals surface area contributed by atoms with Gasteiger partial charge in [0.25, 0.3) is 5.91 Å². The molecule has 1 saturated heterocycles. The molecule has 0 radical (unpaired) electrons. The molecule has 2 amide bonds. The van der Waals surface area contributed by atoms with E-state index in [-0.39, 0.29) is 23.9 Å². The van der Waals surface area contributed by atoms with Crippen molar-refractivity contribution in [3.8, 4) is 11.3 Å². The number of ether oxygens (including phenoxy) is 1. The molecule has 2 unspecified atom stereocenters. The van der Waals surface area contributed by atoms with Gasteiger partial charge in [-0.2, -0.15) is 0 Å². The molecule has 1 aliphatic carbocycles. The lowest BCUT2D eigenvalue weighted by Gasteiger charge is -2.22. The monoisotopic (exact) mass is 393 g/mol. The number of fused-ring (bicyclic) bond motifs is 5. The van der Waals surface area contributed by atoms with E-state index in [4.69, 9.17) is 4.74 Å². The number of rotatable bonds is 4. The van der Waals surface area contributed by atoms with Crippen molar-refractivity contribution in [2.45, 2.75) is 31.3 Å². The van der Waals surface area contributed by atoms with E-state index in [2.05, 4.69) is 32.5 Å². The second-order valence-electron chi connectivity index (χ2n) is 7.67. The topological polar surface area (TPSA) is 108 Å². The van der Waals surface area contributed by atoms with Gasteiger partial charge in [0.1, 0.15) is 5.82 Å². The molecule has 2 atom stereocenters. The zero-order chi connectivity index (χ0) is 20.0. The van der Waals surface area contributed by atoms with Crippen LogP contribution in [0.15, 0.2) is 24.9 Å². The van der Waals surface area contributed by atoms with Crippen LogP contribution in [0.4, 0.5) is 5.82 Å². The summed E-state index contributed by atoms with van der Waals surface area (Å²) >= 11 is 0. The second-order valence-corrected chi connectivity index (χ2v) is 7.67. The van der Waals surface area contributed by atoms with Crippen LogP contribution < -0.4 is 16.0 Å².